The molecule has 1 aliphatic rings. The number of benzene rings is 2. The van der Waals surface area contributed by atoms with Crippen molar-refractivity contribution in [3.05, 3.63) is 68.7 Å². The molecule has 1 fully saturated rings. The quantitative estimate of drug-likeness (QED) is 0.560. The highest BCUT2D eigenvalue weighted by atomic mass is 79.9. The number of ether oxygens (including phenoxy) is 2. The third kappa shape index (κ3) is 3.87. The van der Waals surface area contributed by atoms with Crippen molar-refractivity contribution in [1.82, 2.24) is 0 Å². The number of rotatable bonds is 4. The first-order chi connectivity index (χ1) is 11.0. The number of halogens is 4. The van der Waals surface area contributed by atoms with E-state index in [2.05, 4.69) is 15.9 Å². The normalized spacial score (nSPS) is 24.1. The van der Waals surface area contributed by atoms with Crippen molar-refractivity contribution in [2.45, 2.75) is 18.3 Å². The lowest BCUT2D eigenvalue weighted by Crippen LogP contribution is -2.30. The van der Waals surface area contributed by atoms with Crippen LogP contribution in [0.25, 0.3) is 0 Å². The molecule has 2 nitrogen and oxygen atoms in total. The van der Waals surface area contributed by atoms with Gasteiger partial charge in [-0.2, -0.15) is 0 Å². The third-order valence-electron chi connectivity index (χ3n) is 3.75. The fraction of sp³-hybridized carbons (Fsp3) is 0.294. The molecule has 1 heterocycles. The Bertz CT molecular complexity index is 693. The second-order valence-electron chi connectivity index (χ2n) is 5.39. The average Bonchev–Trinajstić information content (AvgIpc) is 2.94. The van der Waals surface area contributed by atoms with Crippen LogP contribution in [0.4, 0.5) is 0 Å². The van der Waals surface area contributed by atoms with Gasteiger partial charge in [0.2, 0.25) is 5.79 Å². The van der Waals surface area contributed by atoms with Gasteiger partial charge in [0, 0.05) is 22.0 Å². The van der Waals surface area contributed by atoms with Crippen molar-refractivity contribution >= 4 is 50.7 Å². The van der Waals surface area contributed by atoms with E-state index < -0.39 is 5.79 Å². The molecule has 3 rings (SSSR count). The molecule has 2 aromatic carbocycles. The SMILES string of the molecule is Clc1ccc(CC2COC(CBr)(c3ccc(Cl)cc3Cl)O2)cc1. The van der Waals surface area contributed by atoms with Gasteiger partial charge in [0.25, 0.3) is 0 Å². The van der Waals surface area contributed by atoms with Crippen LogP contribution < -0.4 is 0 Å². The molecule has 23 heavy (non-hydrogen) atoms. The molecule has 122 valence electrons. The summed E-state index contributed by atoms with van der Waals surface area (Å²) >= 11 is 21.7. The summed E-state index contributed by atoms with van der Waals surface area (Å²) in [6.07, 6.45) is 0.692. The zero-order valence-electron chi connectivity index (χ0n) is 12.1. The van der Waals surface area contributed by atoms with Crippen molar-refractivity contribution in [3.8, 4) is 0 Å². The molecule has 0 saturated carbocycles. The lowest BCUT2D eigenvalue weighted by Gasteiger charge is -2.27. The molecule has 0 N–H and O–H groups in total. The van der Waals surface area contributed by atoms with E-state index in [-0.39, 0.29) is 6.10 Å². The summed E-state index contributed by atoms with van der Waals surface area (Å²) in [5.41, 5.74) is 1.93. The van der Waals surface area contributed by atoms with Crippen molar-refractivity contribution in [1.29, 1.82) is 0 Å². The van der Waals surface area contributed by atoms with Gasteiger partial charge >= 0.3 is 0 Å². The van der Waals surface area contributed by atoms with Crippen LogP contribution in [0.3, 0.4) is 0 Å². The minimum absolute atomic E-state index is 0.0551. The van der Waals surface area contributed by atoms with Gasteiger partial charge in [-0.15, -0.1) is 0 Å². The van der Waals surface area contributed by atoms with Crippen molar-refractivity contribution in [2.75, 3.05) is 11.9 Å². The van der Waals surface area contributed by atoms with Gasteiger partial charge in [-0.05, 0) is 29.8 Å². The number of alkyl halides is 1. The van der Waals surface area contributed by atoms with Gasteiger partial charge in [0.1, 0.15) is 0 Å². The Labute approximate surface area is 158 Å². The molecule has 2 unspecified atom stereocenters. The topological polar surface area (TPSA) is 18.5 Å². The van der Waals surface area contributed by atoms with E-state index >= 15 is 0 Å². The van der Waals surface area contributed by atoms with Gasteiger partial charge in [-0.1, -0.05) is 68.9 Å². The maximum absolute atomic E-state index is 6.32. The highest BCUT2D eigenvalue weighted by Gasteiger charge is 2.43. The summed E-state index contributed by atoms with van der Waals surface area (Å²) in [7, 11) is 0. The molecule has 0 aromatic heterocycles. The van der Waals surface area contributed by atoms with Gasteiger partial charge in [-0.3, -0.25) is 0 Å². The second kappa shape index (κ2) is 7.30. The number of hydrogen-bond acceptors (Lipinski definition) is 2. The van der Waals surface area contributed by atoms with E-state index in [9.17, 15) is 0 Å². The Morgan fingerprint density at radius 2 is 1.74 bits per heavy atom. The summed E-state index contributed by atoms with van der Waals surface area (Å²) in [4.78, 5) is 0. The highest BCUT2D eigenvalue weighted by molar-refractivity contribution is 9.09. The molecule has 2 atom stereocenters. The first-order valence-electron chi connectivity index (χ1n) is 7.10. The maximum atomic E-state index is 6.32. The molecule has 0 amide bonds. The van der Waals surface area contributed by atoms with Crippen LogP contribution in [0.5, 0.6) is 0 Å². The van der Waals surface area contributed by atoms with Crippen molar-refractivity contribution < 1.29 is 9.47 Å². The Morgan fingerprint density at radius 1 is 1.04 bits per heavy atom. The largest absolute Gasteiger partial charge is 0.342 e. The monoisotopic (exact) mass is 434 g/mol. The molecule has 0 spiro atoms. The number of hydrogen-bond donors (Lipinski definition) is 0. The highest BCUT2D eigenvalue weighted by Crippen LogP contribution is 2.40. The van der Waals surface area contributed by atoms with Gasteiger partial charge in [0.15, 0.2) is 0 Å². The standard InChI is InChI=1S/C17H14BrCl3O2/c18-10-17(15-6-5-13(20)8-16(15)21)22-9-14(23-17)7-11-1-3-12(19)4-2-11/h1-6,8,14H,7,9-10H2. The first kappa shape index (κ1) is 17.5. The Kier molecular flexibility index (Phi) is 5.57. The van der Waals surface area contributed by atoms with Crippen LogP contribution in [-0.4, -0.2) is 18.0 Å². The summed E-state index contributed by atoms with van der Waals surface area (Å²) in [6.45, 7) is 0.493. The predicted octanol–water partition coefficient (Wildman–Crippen LogP) is 5.85. The minimum atomic E-state index is -0.890. The van der Waals surface area contributed by atoms with Crippen LogP contribution in [-0.2, 0) is 21.7 Å². The molecule has 2 aromatic rings. The van der Waals surface area contributed by atoms with Crippen LogP contribution in [0.15, 0.2) is 42.5 Å². The van der Waals surface area contributed by atoms with Crippen molar-refractivity contribution in [2.24, 2.45) is 0 Å². The molecule has 0 radical (unpaired) electrons. The predicted molar refractivity (Wildman–Crippen MR) is 97.9 cm³/mol. The maximum Gasteiger partial charge on any atom is 0.206 e. The molecule has 0 aliphatic carbocycles. The molecular formula is C17H14BrCl3O2. The van der Waals surface area contributed by atoms with E-state index in [1.165, 1.54) is 0 Å². The smallest absolute Gasteiger partial charge is 0.206 e. The summed E-state index contributed by atoms with van der Waals surface area (Å²) in [5, 5.41) is 2.32. The van der Waals surface area contributed by atoms with Crippen molar-refractivity contribution in [3.63, 3.8) is 0 Å². The van der Waals surface area contributed by atoms with E-state index in [4.69, 9.17) is 44.3 Å². The Balaban J connectivity index is 1.79. The molecule has 1 saturated heterocycles. The average molecular weight is 437 g/mol. The van der Waals surface area contributed by atoms with E-state index in [1.54, 1.807) is 12.1 Å². The van der Waals surface area contributed by atoms with E-state index in [0.29, 0.717) is 22.0 Å². The fourth-order valence-electron chi connectivity index (χ4n) is 2.63. The van der Waals surface area contributed by atoms with Crippen LogP contribution >= 0.6 is 50.7 Å². The summed E-state index contributed by atoms with van der Waals surface area (Å²) in [5.74, 6) is -0.890. The third-order valence-corrected chi connectivity index (χ3v) is 5.29. The molecule has 6 heteroatoms. The zero-order chi connectivity index (χ0) is 16.4. The Hall–Kier alpha value is -0.290. The summed E-state index contributed by atoms with van der Waals surface area (Å²) < 4.78 is 12.2. The molecular weight excluding hydrogens is 422 g/mol. The van der Waals surface area contributed by atoms with Crippen LogP contribution in [0.1, 0.15) is 11.1 Å². The van der Waals surface area contributed by atoms with Gasteiger partial charge in [-0.25, -0.2) is 0 Å². The first-order valence-corrected chi connectivity index (χ1v) is 9.36. The summed E-state index contributed by atoms with van der Waals surface area (Å²) in [6, 6.07) is 13.1. The Morgan fingerprint density at radius 3 is 2.39 bits per heavy atom. The van der Waals surface area contributed by atoms with Gasteiger partial charge < -0.3 is 9.47 Å². The zero-order valence-corrected chi connectivity index (χ0v) is 15.9. The lowest BCUT2D eigenvalue weighted by molar-refractivity contribution is -0.156. The van der Waals surface area contributed by atoms with E-state index in [0.717, 1.165) is 22.6 Å². The van der Waals surface area contributed by atoms with E-state index in [1.807, 2.05) is 30.3 Å². The minimum Gasteiger partial charge on any atom is -0.342 e. The second-order valence-corrected chi connectivity index (χ2v) is 7.23. The molecule has 0 bridgehead atoms. The van der Waals surface area contributed by atoms with Gasteiger partial charge in [0.05, 0.1) is 23.1 Å². The van der Waals surface area contributed by atoms with Crippen LogP contribution in [0, 0.1) is 0 Å². The lowest BCUT2D eigenvalue weighted by atomic mass is 10.1. The van der Waals surface area contributed by atoms with Crippen LogP contribution in [0.2, 0.25) is 15.1 Å². The fourth-order valence-corrected chi connectivity index (χ4v) is 3.91. The molecule has 1 aliphatic heterocycles.